The van der Waals surface area contributed by atoms with E-state index in [0.717, 1.165) is 25.2 Å². The minimum absolute atomic E-state index is 0.00265. The molecule has 0 aliphatic carbocycles. The van der Waals surface area contributed by atoms with Crippen molar-refractivity contribution in [2.75, 3.05) is 39.8 Å². The summed E-state index contributed by atoms with van der Waals surface area (Å²) in [6.07, 6.45) is 2.23. The molecule has 0 bridgehead atoms. The van der Waals surface area contributed by atoms with Gasteiger partial charge in [0.2, 0.25) is 5.91 Å². The molecule has 0 spiro atoms. The fourth-order valence-corrected chi connectivity index (χ4v) is 2.46. The molecule has 1 aliphatic rings. The van der Waals surface area contributed by atoms with Crippen molar-refractivity contribution in [1.82, 2.24) is 5.43 Å². The predicted octanol–water partition coefficient (Wildman–Crippen LogP) is -1.75. The second-order valence-electron chi connectivity index (χ2n) is 5.91. The van der Waals surface area contributed by atoms with Gasteiger partial charge in [0, 0.05) is 0 Å². The van der Waals surface area contributed by atoms with Gasteiger partial charge in [0.1, 0.15) is 26.2 Å². The van der Waals surface area contributed by atoms with Crippen LogP contribution >= 0.6 is 0 Å². The highest BCUT2D eigenvalue weighted by atomic mass is 16.2. The molecular weight excluding hydrogens is 264 g/mol. The molecule has 0 radical (unpaired) electrons. The third-order valence-electron chi connectivity index (χ3n) is 4.00. The molecular formula is C16H26N4O+2. The SMILES string of the molecule is Cc1ccc(/C=N\NC(=O)CC[NH+]2CC[NH+](C)CC2)cc1. The number of benzene rings is 1. The third kappa shape index (κ3) is 5.65. The van der Waals surface area contributed by atoms with Gasteiger partial charge in [0.15, 0.2) is 0 Å². The Kier molecular flexibility index (Phi) is 5.90. The van der Waals surface area contributed by atoms with E-state index in [9.17, 15) is 4.79 Å². The lowest BCUT2D eigenvalue weighted by atomic mass is 10.2. The monoisotopic (exact) mass is 290 g/mol. The van der Waals surface area contributed by atoms with E-state index >= 15 is 0 Å². The molecule has 114 valence electrons. The van der Waals surface area contributed by atoms with E-state index in [2.05, 4.69) is 17.6 Å². The van der Waals surface area contributed by atoms with E-state index in [-0.39, 0.29) is 5.91 Å². The second-order valence-corrected chi connectivity index (χ2v) is 5.91. The van der Waals surface area contributed by atoms with Gasteiger partial charge in [0.25, 0.3) is 0 Å². The van der Waals surface area contributed by atoms with Crippen LogP contribution in [0.3, 0.4) is 0 Å². The van der Waals surface area contributed by atoms with E-state index < -0.39 is 0 Å². The largest absolute Gasteiger partial charge is 0.328 e. The first-order chi connectivity index (χ1) is 10.1. The molecule has 2 rings (SSSR count). The minimum atomic E-state index is -0.00265. The number of quaternary nitrogens is 2. The van der Waals surface area contributed by atoms with E-state index in [1.165, 1.54) is 23.6 Å². The number of nitrogens with zero attached hydrogens (tertiary/aromatic N) is 1. The number of likely N-dealkylation sites (N-methyl/N-ethyl adjacent to an activating group) is 1. The molecule has 5 heteroatoms. The Morgan fingerprint density at radius 2 is 1.90 bits per heavy atom. The summed E-state index contributed by atoms with van der Waals surface area (Å²) in [4.78, 5) is 14.9. The van der Waals surface area contributed by atoms with Crippen LogP contribution in [0.25, 0.3) is 0 Å². The lowest BCUT2D eigenvalue weighted by molar-refractivity contribution is -1.00. The highest BCUT2D eigenvalue weighted by Crippen LogP contribution is 1.99. The average molecular weight is 290 g/mol. The van der Waals surface area contributed by atoms with Gasteiger partial charge in [-0.15, -0.1) is 0 Å². The maximum Gasteiger partial charge on any atom is 0.245 e. The number of hydrogen-bond donors (Lipinski definition) is 3. The van der Waals surface area contributed by atoms with E-state index in [4.69, 9.17) is 0 Å². The number of amides is 1. The Morgan fingerprint density at radius 3 is 2.57 bits per heavy atom. The van der Waals surface area contributed by atoms with Crippen molar-refractivity contribution in [3.8, 4) is 0 Å². The summed E-state index contributed by atoms with van der Waals surface area (Å²) in [7, 11) is 2.23. The molecule has 0 atom stereocenters. The Balaban J connectivity index is 1.66. The molecule has 0 aromatic heterocycles. The van der Waals surface area contributed by atoms with Crippen molar-refractivity contribution in [2.24, 2.45) is 5.10 Å². The lowest BCUT2D eigenvalue weighted by Gasteiger charge is -2.26. The van der Waals surface area contributed by atoms with E-state index in [0.29, 0.717) is 6.42 Å². The van der Waals surface area contributed by atoms with Crippen LogP contribution in [0.4, 0.5) is 0 Å². The second kappa shape index (κ2) is 7.90. The van der Waals surface area contributed by atoms with Crippen LogP contribution < -0.4 is 15.2 Å². The number of aryl methyl sites for hydroxylation is 1. The van der Waals surface area contributed by atoms with E-state index in [1.54, 1.807) is 11.1 Å². The molecule has 1 aromatic carbocycles. The normalized spacial score (nSPS) is 22.4. The Bertz CT molecular complexity index is 476. The van der Waals surface area contributed by atoms with Crippen LogP contribution in [0.15, 0.2) is 29.4 Å². The standard InChI is InChI=1S/C16H24N4O/c1-14-3-5-15(6-4-14)13-17-18-16(21)7-8-20-11-9-19(2)10-12-20/h3-6,13H,7-12H2,1-2H3,(H,18,21)/p+2/b17-13-. The van der Waals surface area contributed by atoms with Gasteiger partial charge in [-0.05, 0) is 12.5 Å². The van der Waals surface area contributed by atoms with Crippen molar-refractivity contribution >= 4 is 12.1 Å². The van der Waals surface area contributed by atoms with Crippen LogP contribution in [0.5, 0.6) is 0 Å². The molecule has 1 aromatic rings. The van der Waals surface area contributed by atoms with Crippen molar-refractivity contribution in [3.63, 3.8) is 0 Å². The first-order valence-corrected chi connectivity index (χ1v) is 7.67. The number of hydrogen-bond acceptors (Lipinski definition) is 2. The van der Waals surface area contributed by atoms with Gasteiger partial charge in [0.05, 0.1) is 26.2 Å². The Morgan fingerprint density at radius 1 is 1.24 bits per heavy atom. The van der Waals surface area contributed by atoms with Crippen LogP contribution in [-0.4, -0.2) is 51.9 Å². The summed E-state index contributed by atoms with van der Waals surface area (Å²) in [5.41, 5.74) is 4.82. The van der Waals surface area contributed by atoms with Crippen LogP contribution in [0, 0.1) is 6.92 Å². The van der Waals surface area contributed by atoms with Gasteiger partial charge in [-0.2, -0.15) is 5.10 Å². The van der Waals surface area contributed by atoms with Crippen LogP contribution in [0.2, 0.25) is 0 Å². The summed E-state index contributed by atoms with van der Waals surface area (Å²) in [6, 6.07) is 8.03. The quantitative estimate of drug-likeness (QED) is 0.437. The average Bonchev–Trinajstić information content (AvgIpc) is 2.49. The summed E-state index contributed by atoms with van der Waals surface area (Å²) >= 11 is 0. The number of piperazine rings is 1. The lowest BCUT2D eigenvalue weighted by Crippen LogP contribution is -3.27. The maximum absolute atomic E-state index is 11.8. The summed E-state index contributed by atoms with van der Waals surface area (Å²) < 4.78 is 0. The van der Waals surface area contributed by atoms with Crippen LogP contribution in [0.1, 0.15) is 17.5 Å². The number of nitrogens with one attached hydrogen (secondary N) is 3. The highest BCUT2D eigenvalue weighted by Gasteiger charge is 2.20. The van der Waals surface area contributed by atoms with E-state index in [1.807, 2.05) is 31.2 Å². The van der Waals surface area contributed by atoms with Crippen molar-refractivity contribution in [2.45, 2.75) is 13.3 Å². The molecule has 1 heterocycles. The van der Waals surface area contributed by atoms with Crippen molar-refractivity contribution < 1.29 is 14.6 Å². The molecule has 21 heavy (non-hydrogen) atoms. The topological polar surface area (TPSA) is 50.3 Å². The number of carbonyl (C=O) groups excluding carboxylic acids is 1. The smallest absolute Gasteiger partial charge is 0.245 e. The molecule has 1 saturated heterocycles. The zero-order valence-electron chi connectivity index (χ0n) is 13.0. The van der Waals surface area contributed by atoms with Gasteiger partial charge in [-0.25, -0.2) is 5.43 Å². The van der Waals surface area contributed by atoms with Gasteiger partial charge in [-0.3, -0.25) is 4.79 Å². The molecule has 3 N–H and O–H groups in total. The third-order valence-corrected chi connectivity index (χ3v) is 4.00. The van der Waals surface area contributed by atoms with Crippen molar-refractivity contribution in [3.05, 3.63) is 35.4 Å². The first kappa shape index (κ1) is 15.7. The first-order valence-electron chi connectivity index (χ1n) is 7.67. The zero-order chi connectivity index (χ0) is 15.1. The summed E-state index contributed by atoms with van der Waals surface area (Å²) in [6.45, 7) is 7.66. The fraction of sp³-hybridized carbons (Fsp3) is 0.500. The molecule has 0 saturated carbocycles. The molecule has 1 aliphatic heterocycles. The summed E-state index contributed by atoms with van der Waals surface area (Å²) in [5, 5.41) is 4.01. The molecule has 1 amide bonds. The van der Waals surface area contributed by atoms with Crippen LogP contribution in [-0.2, 0) is 4.79 Å². The van der Waals surface area contributed by atoms with Crippen molar-refractivity contribution in [1.29, 1.82) is 0 Å². The fourth-order valence-electron chi connectivity index (χ4n) is 2.46. The molecule has 5 nitrogen and oxygen atoms in total. The number of carbonyl (C=O) groups is 1. The minimum Gasteiger partial charge on any atom is -0.328 e. The molecule has 0 unspecified atom stereocenters. The van der Waals surface area contributed by atoms with Gasteiger partial charge >= 0.3 is 0 Å². The number of hydrazone groups is 1. The van der Waals surface area contributed by atoms with Gasteiger partial charge < -0.3 is 9.80 Å². The van der Waals surface area contributed by atoms with Gasteiger partial charge in [-0.1, -0.05) is 29.8 Å². The Hall–Kier alpha value is -1.72. The summed E-state index contributed by atoms with van der Waals surface area (Å²) in [5.74, 6) is -0.00265. The molecule has 1 fully saturated rings. The highest BCUT2D eigenvalue weighted by molar-refractivity contribution is 5.82. The number of rotatable bonds is 5. The Labute approximate surface area is 126 Å². The zero-order valence-corrected chi connectivity index (χ0v) is 13.0. The maximum atomic E-state index is 11.8. The predicted molar refractivity (Wildman–Crippen MR) is 83.7 cm³/mol.